The smallest absolute Gasteiger partial charge is 0.257 e. The molecule has 2 unspecified atom stereocenters. The van der Waals surface area contributed by atoms with Crippen molar-refractivity contribution >= 4 is 11.8 Å². The van der Waals surface area contributed by atoms with Gasteiger partial charge in [0, 0.05) is 14.1 Å². The number of carbonyl (C=O) groups excluding carboxylic acids is 2. The molecule has 0 N–H and O–H groups in total. The van der Waals surface area contributed by atoms with E-state index in [1.54, 1.807) is 21.9 Å². The molecule has 0 saturated heterocycles. The number of hydrogen-bond donors (Lipinski definition) is 0. The minimum absolute atomic E-state index is 0.0295. The van der Waals surface area contributed by atoms with Crippen molar-refractivity contribution in [2.45, 2.75) is 65.5 Å². The van der Waals surface area contributed by atoms with Crippen molar-refractivity contribution in [3.8, 4) is 0 Å². The highest BCUT2D eigenvalue weighted by Gasteiger charge is 2.37. The van der Waals surface area contributed by atoms with Crippen molar-refractivity contribution in [3.05, 3.63) is 46.3 Å². The third-order valence-electron chi connectivity index (χ3n) is 5.87. The second-order valence-electron chi connectivity index (χ2n) is 7.91. The van der Waals surface area contributed by atoms with Crippen LogP contribution < -0.4 is 0 Å². The molecule has 0 bridgehead atoms. The fraction of sp³-hybridized carbons (Fsp3) is 0.545. The number of likely N-dealkylation sites (N-methyl/N-ethyl adjacent to an activating group) is 2. The molecule has 1 saturated carbocycles. The van der Waals surface area contributed by atoms with Gasteiger partial charge in [-0.1, -0.05) is 12.8 Å². The molecule has 2 aromatic rings. The van der Waals surface area contributed by atoms with Gasteiger partial charge in [-0.05, 0) is 52.7 Å². The molecular formula is C22H30N2O4. The average Bonchev–Trinajstić information content (AvgIpc) is 3.19. The molecule has 0 aliphatic heterocycles. The predicted octanol–water partition coefficient (Wildman–Crippen LogP) is 4.26. The van der Waals surface area contributed by atoms with Gasteiger partial charge in [-0.2, -0.15) is 0 Å². The van der Waals surface area contributed by atoms with Crippen LogP contribution in [0.15, 0.2) is 21.0 Å². The Morgan fingerprint density at radius 1 is 0.786 bits per heavy atom. The number of amides is 2. The Balaban J connectivity index is 1.83. The first-order valence-corrected chi connectivity index (χ1v) is 9.89. The zero-order chi connectivity index (χ0) is 20.6. The summed E-state index contributed by atoms with van der Waals surface area (Å²) in [5.41, 5.74) is 1.19. The lowest BCUT2D eigenvalue weighted by Crippen LogP contribution is -2.54. The predicted molar refractivity (Wildman–Crippen MR) is 107 cm³/mol. The van der Waals surface area contributed by atoms with E-state index in [1.807, 2.05) is 41.8 Å². The Hall–Kier alpha value is -2.50. The van der Waals surface area contributed by atoms with Crippen LogP contribution in [0, 0.1) is 27.7 Å². The molecule has 2 atom stereocenters. The topological polar surface area (TPSA) is 66.9 Å². The maximum absolute atomic E-state index is 13.1. The SMILES string of the molecule is Cc1cc(C(=O)N(C)C2CCCCC2N(C)C(=O)c2cc(C)oc2C)c(C)o1. The third-order valence-corrected chi connectivity index (χ3v) is 5.87. The second kappa shape index (κ2) is 7.86. The lowest BCUT2D eigenvalue weighted by atomic mass is 9.87. The molecule has 1 aliphatic rings. The first-order valence-electron chi connectivity index (χ1n) is 9.89. The molecule has 152 valence electrons. The van der Waals surface area contributed by atoms with E-state index in [1.165, 1.54) is 0 Å². The molecule has 6 heteroatoms. The van der Waals surface area contributed by atoms with Crippen LogP contribution in [0.3, 0.4) is 0 Å². The molecule has 0 aromatic carbocycles. The maximum atomic E-state index is 13.1. The van der Waals surface area contributed by atoms with E-state index >= 15 is 0 Å². The summed E-state index contributed by atoms with van der Waals surface area (Å²) < 4.78 is 11.1. The van der Waals surface area contributed by atoms with Gasteiger partial charge in [0.15, 0.2) is 0 Å². The summed E-state index contributed by atoms with van der Waals surface area (Å²) >= 11 is 0. The van der Waals surface area contributed by atoms with E-state index in [2.05, 4.69) is 0 Å². The Morgan fingerprint density at radius 2 is 1.14 bits per heavy atom. The van der Waals surface area contributed by atoms with E-state index in [0.717, 1.165) is 37.2 Å². The standard InChI is InChI=1S/C22H30N2O4/c1-13-11-17(15(3)27-13)21(25)23(5)19-9-7-8-10-20(19)24(6)22(26)18-12-14(2)28-16(18)4/h11-12,19-20H,7-10H2,1-6H3. The zero-order valence-corrected chi connectivity index (χ0v) is 17.7. The Kier molecular flexibility index (Phi) is 5.68. The summed E-state index contributed by atoms with van der Waals surface area (Å²) in [6.45, 7) is 7.31. The van der Waals surface area contributed by atoms with Gasteiger partial charge in [0.2, 0.25) is 0 Å². The molecule has 1 aliphatic carbocycles. The van der Waals surface area contributed by atoms with Crippen molar-refractivity contribution in [1.29, 1.82) is 0 Å². The molecule has 6 nitrogen and oxygen atoms in total. The van der Waals surface area contributed by atoms with E-state index in [-0.39, 0.29) is 23.9 Å². The van der Waals surface area contributed by atoms with Gasteiger partial charge >= 0.3 is 0 Å². The highest BCUT2D eigenvalue weighted by molar-refractivity contribution is 5.96. The van der Waals surface area contributed by atoms with E-state index < -0.39 is 0 Å². The number of aryl methyl sites for hydroxylation is 4. The van der Waals surface area contributed by atoms with Crippen molar-refractivity contribution in [2.24, 2.45) is 0 Å². The molecule has 1 fully saturated rings. The molecule has 0 radical (unpaired) electrons. The average molecular weight is 386 g/mol. The largest absolute Gasteiger partial charge is 0.466 e. The van der Waals surface area contributed by atoms with Crippen LogP contribution in [0.4, 0.5) is 0 Å². The quantitative estimate of drug-likeness (QED) is 0.787. The summed E-state index contributed by atoms with van der Waals surface area (Å²) in [7, 11) is 3.66. The number of hydrogen-bond acceptors (Lipinski definition) is 4. The van der Waals surface area contributed by atoms with Crippen LogP contribution in [0.5, 0.6) is 0 Å². The minimum Gasteiger partial charge on any atom is -0.466 e. The van der Waals surface area contributed by atoms with E-state index in [9.17, 15) is 9.59 Å². The van der Waals surface area contributed by atoms with Crippen molar-refractivity contribution in [1.82, 2.24) is 9.80 Å². The molecule has 2 amide bonds. The summed E-state index contributed by atoms with van der Waals surface area (Å²) in [5.74, 6) is 2.62. The lowest BCUT2D eigenvalue weighted by Gasteiger charge is -2.42. The summed E-state index contributed by atoms with van der Waals surface area (Å²) in [6, 6.07) is 3.52. The Morgan fingerprint density at radius 3 is 1.43 bits per heavy atom. The van der Waals surface area contributed by atoms with Crippen LogP contribution in [0.2, 0.25) is 0 Å². The van der Waals surface area contributed by atoms with Gasteiger partial charge in [-0.3, -0.25) is 9.59 Å². The molecular weight excluding hydrogens is 356 g/mol. The fourth-order valence-corrected chi connectivity index (χ4v) is 4.36. The van der Waals surface area contributed by atoms with Crippen LogP contribution in [0.1, 0.15) is 69.4 Å². The number of rotatable bonds is 4. The number of nitrogens with zero attached hydrogens (tertiary/aromatic N) is 2. The third kappa shape index (κ3) is 3.73. The first kappa shape index (κ1) is 20.2. The number of furan rings is 2. The highest BCUT2D eigenvalue weighted by Crippen LogP contribution is 2.29. The van der Waals surface area contributed by atoms with Gasteiger partial charge in [0.05, 0.1) is 23.2 Å². The van der Waals surface area contributed by atoms with Gasteiger partial charge in [-0.15, -0.1) is 0 Å². The van der Waals surface area contributed by atoms with Crippen LogP contribution in [0.25, 0.3) is 0 Å². The molecule has 3 rings (SSSR count). The highest BCUT2D eigenvalue weighted by atomic mass is 16.3. The van der Waals surface area contributed by atoms with Crippen molar-refractivity contribution in [3.63, 3.8) is 0 Å². The number of carbonyl (C=O) groups is 2. The fourth-order valence-electron chi connectivity index (χ4n) is 4.36. The second-order valence-corrected chi connectivity index (χ2v) is 7.91. The molecule has 2 aromatic heterocycles. The van der Waals surface area contributed by atoms with Gasteiger partial charge in [-0.25, -0.2) is 0 Å². The van der Waals surface area contributed by atoms with Crippen LogP contribution >= 0.6 is 0 Å². The maximum Gasteiger partial charge on any atom is 0.257 e. The van der Waals surface area contributed by atoms with Gasteiger partial charge in [0.25, 0.3) is 11.8 Å². The van der Waals surface area contributed by atoms with Gasteiger partial charge < -0.3 is 18.6 Å². The molecule has 28 heavy (non-hydrogen) atoms. The Bertz CT molecular complexity index is 807. The molecule has 2 heterocycles. The molecule has 0 spiro atoms. The summed E-state index contributed by atoms with van der Waals surface area (Å²) in [5, 5.41) is 0. The van der Waals surface area contributed by atoms with Crippen molar-refractivity contribution < 1.29 is 18.4 Å². The zero-order valence-electron chi connectivity index (χ0n) is 17.7. The summed E-state index contributed by atoms with van der Waals surface area (Å²) in [4.78, 5) is 29.8. The van der Waals surface area contributed by atoms with Crippen LogP contribution in [-0.2, 0) is 0 Å². The van der Waals surface area contributed by atoms with Crippen LogP contribution in [-0.4, -0.2) is 47.8 Å². The van der Waals surface area contributed by atoms with E-state index in [4.69, 9.17) is 8.83 Å². The lowest BCUT2D eigenvalue weighted by molar-refractivity contribution is 0.0419. The van der Waals surface area contributed by atoms with E-state index in [0.29, 0.717) is 22.6 Å². The Labute approximate surface area is 166 Å². The normalized spacial score (nSPS) is 19.5. The first-order chi connectivity index (χ1) is 13.2. The van der Waals surface area contributed by atoms with Gasteiger partial charge in [0.1, 0.15) is 23.0 Å². The minimum atomic E-state index is -0.0533. The monoisotopic (exact) mass is 386 g/mol. The summed E-state index contributed by atoms with van der Waals surface area (Å²) in [6.07, 6.45) is 3.86. The van der Waals surface area contributed by atoms with Crippen molar-refractivity contribution in [2.75, 3.05) is 14.1 Å².